The summed E-state index contributed by atoms with van der Waals surface area (Å²) in [6.45, 7) is 6.79. The van der Waals surface area contributed by atoms with Gasteiger partial charge in [0.15, 0.2) is 11.2 Å². The molecule has 2 aromatic heterocycles. The number of benzene rings is 2. The van der Waals surface area contributed by atoms with Crippen molar-refractivity contribution in [1.29, 1.82) is 0 Å². The van der Waals surface area contributed by atoms with Gasteiger partial charge >= 0.3 is 0 Å². The van der Waals surface area contributed by atoms with Crippen LogP contribution in [0, 0.1) is 12.8 Å². The quantitative estimate of drug-likeness (QED) is 0.462. The minimum Gasteiger partial charge on any atom is -0.493 e. The molecule has 0 aliphatic carbocycles. The second-order valence-corrected chi connectivity index (χ2v) is 7.56. The van der Waals surface area contributed by atoms with Crippen molar-refractivity contribution in [2.75, 3.05) is 11.9 Å². The highest BCUT2D eigenvalue weighted by Crippen LogP contribution is 2.28. The normalized spacial score (nSPS) is 11.1. The highest BCUT2D eigenvalue weighted by molar-refractivity contribution is 6.04. The first kappa shape index (κ1) is 19.6. The molecule has 6 nitrogen and oxygen atoms in total. The summed E-state index contributed by atoms with van der Waals surface area (Å²) in [6, 6.07) is 16.4. The molecule has 0 radical (unpaired) electrons. The highest BCUT2D eigenvalue weighted by Gasteiger charge is 2.13. The molecule has 0 unspecified atom stereocenters. The molecule has 0 saturated heterocycles. The molecule has 0 saturated carbocycles. The predicted octanol–water partition coefficient (Wildman–Crippen LogP) is 5.49. The number of oxazole rings is 1. The van der Waals surface area contributed by atoms with Crippen molar-refractivity contribution in [2.45, 2.75) is 20.8 Å². The number of fused-ring (bicyclic) bond motifs is 1. The second kappa shape index (κ2) is 8.37. The third-order valence-electron chi connectivity index (χ3n) is 4.58. The number of aryl methyl sites for hydroxylation is 1. The highest BCUT2D eigenvalue weighted by atomic mass is 16.5. The standard InChI is InChI=1S/C24H23N3O3/c1-15(2)14-29-19-9-6-17(7-10-19)23(28)26-18-8-11-20(16(3)13-18)24-27-22-21(30-24)5-4-12-25-22/h4-13,15H,14H2,1-3H3,(H,26,28). The Bertz CT molecular complexity index is 1150. The Morgan fingerprint density at radius 1 is 1.13 bits per heavy atom. The lowest BCUT2D eigenvalue weighted by atomic mass is 10.1. The van der Waals surface area contributed by atoms with Gasteiger partial charge < -0.3 is 14.5 Å². The molecule has 0 aliphatic heterocycles. The van der Waals surface area contributed by atoms with E-state index in [9.17, 15) is 4.79 Å². The smallest absolute Gasteiger partial charge is 0.255 e. The molecule has 0 aliphatic rings. The van der Waals surface area contributed by atoms with Gasteiger partial charge in [0, 0.05) is 23.0 Å². The number of ether oxygens (including phenoxy) is 1. The van der Waals surface area contributed by atoms with E-state index in [4.69, 9.17) is 9.15 Å². The topological polar surface area (TPSA) is 77.2 Å². The van der Waals surface area contributed by atoms with Gasteiger partial charge in [-0.05, 0) is 73.0 Å². The molecular weight excluding hydrogens is 378 g/mol. The minimum atomic E-state index is -0.177. The number of carbonyl (C=O) groups is 1. The van der Waals surface area contributed by atoms with Crippen molar-refractivity contribution >= 4 is 22.8 Å². The predicted molar refractivity (Wildman–Crippen MR) is 117 cm³/mol. The van der Waals surface area contributed by atoms with E-state index in [-0.39, 0.29) is 5.91 Å². The van der Waals surface area contributed by atoms with Crippen LogP contribution in [0.25, 0.3) is 22.7 Å². The molecule has 4 aromatic rings. The van der Waals surface area contributed by atoms with E-state index in [0.717, 1.165) is 16.9 Å². The Morgan fingerprint density at radius 2 is 1.93 bits per heavy atom. The first-order chi connectivity index (χ1) is 14.5. The van der Waals surface area contributed by atoms with Crippen LogP contribution < -0.4 is 10.1 Å². The Balaban J connectivity index is 1.47. The number of anilines is 1. The number of nitrogens with zero attached hydrogens (tertiary/aromatic N) is 2. The van der Waals surface area contributed by atoms with Crippen molar-refractivity contribution in [2.24, 2.45) is 5.92 Å². The number of rotatable bonds is 6. The number of nitrogens with one attached hydrogen (secondary N) is 1. The van der Waals surface area contributed by atoms with E-state index in [2.05, 4.69) is 29.1 Å². The van der Waals surface area contributed by atoms with Gasteiger partial charge in [-0.25, -0.2) is 4.98 Å². The largest absolute Gasteiger partial charge is 0.493 e. The molecule has 30 heavy (non-hydrogen) atoms. The number of amides is 1. The number of aromatic nitrogens is 2. The van der Waals surface area contributed by atoms with Gasteiger partial charge in [-0.2, -0.15) is 4.98 Å². The van der Waals surface area contributed by atoms with Crippen molar-refractivity contribution in [1.82, 2.24) is 9.97 Å². The molecule has 6 heteroatoms. The van der Waals surface area contributed by atoms with E-state index >= 15 is 0 Å². The zero-order valence-electron chi connectivity index (χ0n) is 17.2. The third kappa shape index (κ3) is 4.33. The summed E-state index contributed by atoms with van der Waals surface area (Å²) in [6.07, 6.45) is 1.68. The zero-order valence-corrected chi connectivity index (χ0v) is 17.2. The van der Waals surface area contributed by atoms with Crippen LogP contribution in [0.4, 0.5) is 5.69 Å². The van der Waals surface area contributed by atoms with Crippen LogP contribution in [-0.4, -0.2) is 22.5 Å². The molecule has 0 atom stereocenters. The van der Waals surface area contributed by atoms with E-state index < -0.39 is 0 Å². The summed E-state index contributed by atoms with van der Waals surface area (Å²) < 4.78 is 11.5. The van der Waals surface area contributed by atoms with Crippen LogP contribution in [0.5, 0.6) is 5.75 Å². The molecule has 4 rings (SSSR count). The fourth-order valence-corrected chi connectivity index (χ4v) is 3.03. The monoisotopic (exact) mass is 401 g/mol. The molecule has 0 fully saturated rings. The summed E-state index contributed by atoms with van der Waals surface area (Å²) in [5.41, 5.74) is 4.29. The fraction of sp³-hybridized carbons (Fsp3) is 0.208. The molecular formula is C24H23N3O3. The maximum atomic E-state index is 12.6. The second-order valence-electron chi connectivity index (χ2n) is 7.56. The average Bonchev–Trinajstić information content (AvgIpc) is 3.16. The molecule has 2 aromatic carbocycles. The SMILES string of the molecule is Cc1cc(NC(=O)c2ccc(OCC(C)C)cc2)ccc1-c1nc2ncccc2o1. The van der Waals surface area contributed by atoms with E-state index in [0.29, 0.717) is 40.9 Å². The van der Waals surface area contributed by atoms with Crippen molar-refractivity contribution in [3.8, 4) is 17.2 Å². The molecule has 1 N–H and O–H groups in total. The van der Waals surface area contributed by atoms with Gasteiger partial charge in [-0.1, -0.05) is 13.8 Å². The molecule has 0 spiro atoms. The van der Waals surface area contributed by atoms with Gasteiger partial charge in [-0.3, -0.25) is 4.79 Å². The summed E-state index contributed by atoms with van der Waals surface area (Å²) >= 11 is 0. The van der Waals surface area contributed by atoms with Gasteiger partial charge in [-0.15, -0.1) is 0 Å². The summed E-state index contributed by atoms with van der Waals surface area (Å²) in [5, 5.41) is 2.93. The maximum Gasteiger partial charge on any atom is 0.255 e. The van der Waals surface area contributed by atoms with Crippen LogP contribution in [0.2, 0.25) is 0 Å². The maximum absolute atomic E-state index is 12.6. The lowest BCUT2D eigenvalue weighted by molar-refractivity contribution is 0.102. The van der Waals surface area contributed by atoms with Crippen molar-refractivity contribution in [3.05, 3.63) is 71.9 Å². The van der Waals surface area contributed by atoms with Crippen LogP contribution in [0.15, 0.2) is 65.2 Å². The van der Waals surface area contributed by atoms with Crippen LogP contribution in [0.1, 0.15) is 29.8 Å². The van der Waals surface area contributed by atoms with E-state index in [1.807, 2.05) is 49.4 Å². The summed E-state index contributed by atoms with van der Waals surface area (Å²) in [7, 11) is 0. The van der Waals surface area contributed by atoms with E-state index in [1.54, 1.807) is 18.3 Å². The van der Waals surface area contributed by atoms with Crippen LogP contribution in [0.3, 0.4) is 0 Å². The Kier molecular flexibility index (Phi) is 5.48. The molecule has 152 valence electrons. The Morgan fingerprint density at radius 3 is 2.63 bits per heavy atom. The first-order valence-corrected chi connectivity index (χ1v) is 9.86. The summed E-state index contributed by atoms with van der Waals surface area (Å²) in [4.78, 5) is 21.2. The first-order valence-electron chi connectivity index (χ1n) is 9.86. The molecule has 0 bridgehead atoms. The molecule has 2 heterocycles. The molecule has 1 amide bonds. The van der Waals surface area contributed by atoms with Crippen molar-refractivity contribution in [3.63, 3.8) is 0 Å². The van der Waals surface area contributed by atoms with Crippen molar-refractivity contribution < 1.29 is 13.9 Å². The lowest BCUT2D eigenvalue weighted by Gasteiger charge is -2.10. The fourth-order valence-electron chi connectivity index (χ4n) is 3.03. The zero-order chi connectivity index (χ0) is 21.1. The Hall–Kier alpha value is -3.67. The Labute approximate surface area is 174 Å². The van der Waals surface area contributed by atoms with E-state index in [1.165, 1.54) is 0 Å². The third-order valence-corrected chi connectivity index (χ3v) is 4.58. The lowest BCUT2D eigenvalue weighted by Crippen LogP contribution is -2.12. The number of hydrogen-bond donors (Lipinski definition) is 1. The van der Waals surface area contributed by atoms with Gasteiger partial charge in [0.25, 0.3) is 5.91 Å². The van der Waals surface area contributed by atoms with Crippen LogP contribution >= 0.6 is 0 Å². The number of hydrogen-bond acceptors (Lipinski definition) is 5. The number of pyridine rings is 1. The minimum absolute atomic E-state index is 0.177. The van der Waals surface area contributed by atoms with Gasteiger partial charge in [0.05, 0.1) is 6.61 Å². The van der Waals surface area contributed by atoms with Crippen LogP contribution in [-0.2, 0) is 0 Å². The van der Waals surface area contributed by atoms with Gasteiger partial charge in [0.1, 0.15) is 5.75 Å². The summed E-state index contributed by atoms with van der Waals surface area (Å²) in [5.74, 6) is 1.54. The number of carbonyl (C=O) groups excluding carboxylic acids is 1. The average molecular weight is 401 g/mol. The van der Waals surface area contributed by atoms with Gasteiger partial charge in [0.2, 0.25) is 5.89 Å².